The van der Waals surface area contributed by atoms with Crippen LogP contribution in [-0.2, 0) is 4.74 Å². The average molecular weight is 343 g/mol. The van der Waals surface area contributed by atoms with Gasteiger partial charge in [-0.1, -0.05) is 36.4 Å². The lowest BCUT2D eigenvalue weighted by Crippen LogP contribution is -2.32. The van der Waals surface area contributed by atoms with Crippen LogP contribution in [-0.4, -0.2) is 28.5 Å². The summed E-state index contributed by atoms with van der Waals surface area (Å²) in [4.78, 5) is 11.6. The molecule has 0 aliphatic heterocycles. The third-order valence-corrected chi connectivity index (χ3v) is 3.72. The molecule has 0 heterocycles. The molecule has 0 aliphatic rings. The fraction of sp³-hybridized carbons (Fsp3) is 0.350. The van der Waals surface area contributed by atoms with Crippen LogP contribution in [0.5, 0.6) is 11.5 Å². The molecule has 0 saturated carbocycles. The van der Waals surface area contributed by atoms with Crippen LogP contribution in [0.15, 0.2) is 30.3 Å². The van der Waals surface area contributed by atoms with Gasteiger partial charge in [-0.15, -0.1) is 0 Å². The van der Waals surface area contributed by atoms with E-state index in [0.29, 0.717) is 34.9 Å². The molecule has 2 aromatic rings. The maximum Gasteiger partial charge on any atom is 0.407 e. The molecule has 0 saturated heterocycles. The Morgan fingerprint density at radius 2 is 1.76 bits per heavy atom. The number of carbonyl (C=O) groups excluding carboxylic acids is 1. The van der Waals surface area contributed by atoms with Crippen molar-refractivity contribution in [1.29, 1.82) is 0 Å². The van der Waals surface area contributed by atoms with Crippen molar-refractivity contribution in [2.45, 2.75) is 39.7 Å². The van der Waals surface area contributed by atoms with Gasteiger partial charge in [0.1, 0.15) is 17.1 Å². The number of amides is 1. The summed E-state index contributed by atoms with van der Waals surface area (Å²) >= 11 is 0. The molecule has 2 aromatic carbocycles. The first-order valence-electron chi connectivity index (χ1n) is 8.27. The maximum absolute atomic E-state index is 11.6. The summed E-state index contributed by atoms with van der Waals surface area (Å²) in [5, 5.41) is 24.7. The predicted molar refractivity (Wildman–Crippen MR) is 99.9 cm³/mol. The van der Waals surface area contributed by atoms with Crippen LogP contribution >= 0.6 is 0 Å². The first-order valence-corrected chi connectivity index (χ1v) is 8.27. The second-order valence-electron chi connectivity index (χ2n) is 6.90. The number of ether oxygens (including phenoxy) is 1. The Morgan fingerprint density at radius 3 is 2.36 bits per heavy atom. The van der Waals surface area contributed by atoms with Gasteiger partial charge in [-0.05, 0) is 34.1 Å². The highest BCUT2D eigenvalue weighted by molar-refractivity contribution is 5.97. The van der Waals surface area contributed by atoms with E-state index in [1.54, 1.807) is 25.1 Å². The van der Waals surface area contributed by atoms with Crippen molar-refractivity contribution >= 4 is 22.9 Å². The summed E-state index contributed by atoms with van der Waals surface area (Å²) in [7, 11) is 0. The summed E-state index contributed by atoms with van der Waals surface area (Å²) in [6, 6.07) is 7.18. The lowest BCUT2D eigenvalue weighted by Gasteiger charge is -2.19. The van der Waals surface area contributed by atoms with E-state index in [1.807, 2.05) is 39.0 Å². The minimum absolute atomic E-state index is 0.141. The zero-order valence-electron chi connectivity index (χ0n) is 15.1. The normalized spacial score (nSPS) is 11.8. The number of benzene rings is 2. The highest BCUT2D eigenvalue weighted by Crippen LogP contribution is 2.39. The molecule has 0 atom stereocenters. The van der Waals surface area contributed by atoms with Gasteiger partial charge in [-0.3, -0.25) is 0 Å². The standard InChI is InChI=1S/C20H25NO4/c1-13-14(9-7-8-12-21-19(24)25-20(2,3)4)18(23)16-11-6-5-10-15(16)17(13)22/h5-7,9-11,22-23H,8,12H2,1-4H3,(H,21,24)/b9-7+. The molecule has 0 aliphatic carbocycles. The number of carbonyl (C=O) groups is 1. The summed E-state index contributed by atoms with van der Waals surface area (Å²) in [5.41, 5.74) is 0.673. The highest BCUT2D eigenvalue weighted by Gasteiger charge is 2.15. The molecule has 25 heavy (non-hydrogen) atoms. The van der Waals surface area contributed by atoms with Crippen molar-refractivity contribution in [1.82, 2.24) is 5.32 Å². The van der Waals surface area contributed by atoms with Gasteiger partial charge < -0.3 is 20.3 Å². The van der Waals surface area contributed by atoms with E-state index in [4.69, 9.17) is 4.74 Å². The van der Waals surface area contributed by atoms with E-state index in [1.165, 1.54) is 0 Å². The van der Waals surface area contributed by atoms with Crippen LogP contribution in [0, 0.1) is 6.92 Å². The largest absolute Gasteiger partial charge is 0.507 e. The number of aromatic hydroxyl groups is 2. The first kappa shape index (κ1) is 18.6. The molecule has 1 amide bonds. The maximum atomic E-state index is 11.6. The molecule has 5 heteroatoms. The molecule has 0 spiro atoms. The number of rotatable bonds is 4. The van der Waals surface area contributed by atoms with Crippen LogP contribution in [0.3, 0.4) is 0 Å². The lowest BCUT2D eigenvalue weighted by atomic mass is 9.98. The van der Waals surface area contributed by atoms with Gasteiger partial charge in [-0.2, -0.15) is 0 Å². The van der Waals surface area contributed by atoms with Crippen molar-refractivity contribution < 1.29 is 19.7 Å². The van der Waals surface area contributed by atoms with Crippen LogP contribution < -0.4 is 5.32 Å². The topological polar surface area (TPSA) is 78.8 Å². The van der Waals surface area contributed by atoms with E-state index in [0.717, 1.165) is 0 Å². The molecular formula is C20H25NO4. The highest BCUT2D eigenvalue weighted by atomic mass is 16.6. The zero-order valence-corrected chi connectivity index (χ0v) is 15.1. The molecular weight excluding hydrogens is 318 g/mol. The number of hydrogen-bond donors (Lipinski definition) is 3. The fourth-order valence-corrected chi connectivity index (χ4v) is 2.53. The van der Waals surface area contributed by atoms with Gasteiger partial charge in [0.2, 0.25) is 0 Å². The molecule has 0 fully saturated rings. The minimum Gasteiger partial charge on any atom is -0.507 e. The predicted octanol–water partition coefficient (Wildman–Crippen LogP) is 4.49. The van der Waals surface area contributed by atoms with E-state index in [-0.39, 0.29) is 11.5 Å². The Hall–Kier alpha value is -2.69. The van der Waals surface area contributed by atoms with Gasteiger partial charge in [0.15, 0.2) is 0 Å². The molecule has 0 unspecified atom stereocenters. The van der Waals surface area contributed by atoms with Crippen molar-refractivity contribution in [3.63, 3.8) is 0 Å². The van der Waals surface area contributed by atoms with Crippen LogP contribution in [0.2, 0.25) is 0 Å². The number of hydrogen-bond acceptors (Lipinski definition) is 4. The van der Waals surface area contributed by atoms with Crippen molar-refractivity contribution in [3.8, 4) is 11.5 Å². The Labute approximate surface area is 147 Å². The van der Waals surface area contributed by atoms with Gasteiger partial charge in [-0.25, -0.2) is 4.79 Å². The molecule has 5 nitrogen and oxygen atoms in total. The van der Waals surface area contributed by atoms with Crippen molar-refractivity contribution in [3.05, 3.63) is 41.5 Å². The minimum atomic E-state index is -0.522. The molecule has 2 rings (SSSR count). The van der Waals surface area contributed by atoms with Crippen molar-refractivity contribution in [2.24, 2.45) is 0 Å². The zero-order chi connectivity index (χ0) is 18.6. The summed E-state index contributed by atoms with van der Waals surface area (Å²) in [5.74, 6) is 0.308. The number of phenols is 2. The Morgan fingerprint density at radius 1 is 1.16 bits per heavy atom. The fourth-order valence-electron chi connectivity index (χ4n) is 2.53. The number of fused-ring (bicyclic) bond motifs is 1. The summed E-state index contributed by atoms with van der Waals surface area (Å²) in [6.45, 7) is 7.61. The van der Waals surface area contributed by atoms with Gasteiger partial charge >= 0.3 is 6.09 Å². The van der Waals surface area contributed by atoms with Gasteiger partial charge in [0.25, 0.3) is 0 Å². The smallest absolute Gasteiger partial charge is 0.407 e. The number of phenolic OH excluding ortho intramolecular Hbond substituents is 2. The second kappa shape index (κ2) is 7.47. The van der Waals surface area contributed by atoms with Crippen LogP contribution in [0.25, 0.3) is 16.8 Å². The van der Waals surface area contributed by atoms with Gasteiger partial charge in [0.05, 0.1) is 0 Å². The van der Waals surface area contributed by atoms with Crippen molar-refractivity contribution in [2.75, 3.05) is 6.54 Å². The molecule has 3 N–H and O–H groups in total. The molecule has 0 aromatic heterocycles. The van der Waals surface area contributed by atoms with E-state index >= 15 is 0 Å². The average Bonchev–Trinajstić information content (AvgIpc) is 2.53. The summed E-state index contributed by atoms with van der Waals surface area (Å²) in [6.07, 6.45) is 3.72. The third kappa shape index (κ3) is 4.66. The summed E-state index contributed by atoms with van der Waals surface area (Å²) < 4.78 is 5.16. The van der Waals surface area contributed by atoms with Crippen LogP contribution in [0.4, 0.5) is 4.79 Å². The van der Waals surface area contributed by atoms with Gasteiger partial charge in [0, 0.05) is 28.4 Å². The SMILES string of the molecule is Cc1c(/C=C/CCNC(=O)OC(C)(C)C)c(O)c2ccccc2c1O. The quantitative estimate of drug-likeness (QED) is 0.564. The lowest BCUT2D eigenvalue weighted by molar-refractivity contribution is 0.0529. The Kier molecular flexibility index (Phi) is 5.57. The van der Waals surface area contributed by atoms with E-state index < -0.39 is 11.7 Å². The molecule has 0 bridgehead atoms. The second-order valence-corrected chi connectivity index (χ2v) is 6.90. The Balaban J connectivity index is 2.06. The molecule has 134 valence electrons. The first-order chi connectivity index (χ1) is 11.7. The monoisotopic (exact) mass is 343 g/mol. The number of alkyl carbamates (subject to hydrolysis) is 1. The van der Waals surface area contributed by atoms with E-state index in [2.05, 4.69) is 5.32 Å². The number of nitrogens with one attached hydrogen (secondary N) is 1. The third-order valence-electron chi connectivity index (χ3n) is 3.72. The molecule has 0 radical (unpaired) electrons. The van der Waals surface area contributed by atoms with E-state index in [9.17, 15) is 15.0 Å². The van der Waals surface area contributed by atoms with Crippen LogP contribution in [0.1, 0.15) is 38.3 Å². The Bertz CT molecular complexity index is 803.